The first kappa shape index (κ1) is 13.7. The molecular formula is C15H16ClNO2. The van der Waals surface area contributed by atoms with Crippen molar-refractivity contribution in [2.45, 2.75) is 19.6 Å². The fraction of sp³-hybridized carbons (Fsp3) is 0.267. The summed E-state index contributed by atoms with van der Waals surface area (Å²) in [6.45, 7) is 1.01. The molecule has 2 rings (SSSR count). The summed E-state index contributed by atoms with van der Waals surface area (Å²) in [4.78, 5) is 12.1. The van der Waals surface area contributed by atoms with Crippen molar-refractivity contribution in [2.24, 2.45) is 0 Å². The first-order valence-electron chi connectivity index (χ1n) is 6.23. The molecule has 0 radical (unpaired) electrons. The van der Waals surface area contributed by atoms with Crippen LogP contribution in [0.3, 0.4) is 0 Å². The molecule has 2 aromatic rings. The molecule has 19 heavy (non-hydrogen) atoms. The zero-order valence-electron chi connectivity index (χ0n) is 10.6. The maximum atomic E-state index is 12.1. The van der Waals surface area contributed by atoms with Crippen LogP contribution in [0.2, 0.25) is 0 Å². The number of hydrogen-bond donors (Lipinski definition) is 0. The highest BCUT2D eigenvalue weighted by molar-refractivity contribution is 6.17. The summed E-state index contributed by atoms with van der Waals surface area (Å²) in [5.74, 6) is 0.919. The molecule has 0 bridgehead atoms. The van der Waals surface area contributed by atoms with E-state index in [4.69, 9.17) is 16.3 Å². The van der Waals surface area contributed by atoms with E-state index in [-0.39, 0.29) is 5.56 Å². The van der Waals surface area contributed by atoms with Crippen LogP contribution in [0.4, 0.5) is 0 Å². The molecule has 0 fully saturated rings. The highest BCUT2D eigenvalue weighted by Gasteiger charge is 2.04. The van der Waals surface area contributed by atoms with Gasteiger partial charge in [0.15, 0.2) is 5.75 Å². The molecule has 0 spiro atoms. The lowest BCUT2D eigenvalue weighted by Crippen LogP contribution is -2.21. The van der Waals surface area contributed by atoms with Gasteiger partial charge in [0, 0.05) is 18.6 Å². The van der Waals surface area contributed by atoms with Gasteiger partial charge in [-0.05, 0) is 24.1 Å². The number of benzene rings is 1. The van der Waals surface area contributed by atoms with Gasteiger partial charge in [0.1, 0.15) is 6.61 Å². The number of pyridine rings is 1. The molecule has 0 amide bonds. The van der Waals surface area contributed by atoms with Gasteiger partial charge >= 0.3 is 0 Å². The predicted octanol–water partition coefficient (Wildman–Crippen LogP) is 3.06. The number of rotatable bonds is 6. The second-order valence-electron chi connectivity index (χ2n) is 4.19. The van der Waals surface area contributed by atoms with Gasteiger partial charge in [-0.2, -0.15) is 0 Å². The van der Waals surface area contributed by atoms with Crippen molar-refractivity contribution in [1.82, 2.24) is 4.57 Å². The zero-order chi connectivity index (χ0) is 13.5. The monoisotopic (exact) mass is 277 g/mol. The Morgan fingerprint density at radius 1 is 1.11 bits per heavy atom. The number of aromatic nitrogens is 1. The minimum atomic E-state index is -0.108. The van der Waals surface area contributed by atoms with Crippen molar-refractivity contribution in [2.75, 3.05) is 5.88 Å². The normalized spacial score (nSPS) is 10.4. The van der Waals surface area contributed by atoms with E-state index in [1.807, 2.05) is 36.4 Å². The fourth-order valence-corrected chi connectivity index (χ4v) is 1.89. The van der Waals surface area contributed by atoms with Gasteiger partial charge in [0.2, 0.25) is 0 Å². The summed E-state index contributed by atoms with van der Waals surface area (Å²) < 4.78 is 7.20. The highest BCUT2D eigenvalue weighted by Crippen LogP contribution is 2.07. The highest BCUT2D eigenvalue weighted by atomic mass is 35.5. The van der Waals surface area contributed by atoms with Crippen LogP contribution in [-0.4, -0.2) is 10.4 Å². The molecule has 4 heteroatoms. The molecule has 0 aliphatic heterocycles. The van der Waals surface area contributed by atoms with Gasteiger partial charge in [-0.15, -0.1) is 11.6 Å². The lowest BCUT2D eigenvalue weighted by Gasteiger charge is -2.09. The Hall–Kier alpha value is -1.74. The largest absolute Gasteiger partial charge is 0.483 e. The first-order chi connectivity index (χ1) is 9.31. The van der Waals surface area contributed by atoms with Crippen molar-refractivity contribution in [1.29, 1.82) is 0 Å². The van der Waals surface area contributed by atoms with Gasteiger partial charge in [-0.25, -0.2) is 0 Å². The van der Waals surface area contributed by atoms with Crippen LogP contribution in [0.15, 0.2) is 53.5 Å². The van der Waals surface area contributed by atoms with Crippen LogP contribution in [0.25, 0.3) is 0 Å². The molecule has 0 atom stereocenters. The number of alkyl halides is 1. The third kappa shape index (κ3) is 3.86. The minimum Gasteiger partial charge on any atom is -0.483 e. The van der Waals surface area contributed by atoms with Crippen LogP contribution in [0.5, 0.6) is 5.75 Å². The third-order valence-corrected chi connectivity index (χ3v) is 3.02. The maximum absolute atomic E-state index is 12.1. The maximum Gasteiger partial charge on any atom is 0.292 e. The average Bonchev–Trinajstić information content (AvgIpc) is 2.46. The van der Waals surface area contributed by atoms with Gasteiger partial charge in [-0.3, -0.25) is 4.79 Å². The molecule has 0 aliphatic carbocycles. The van der Waals surface area contributed by atoms with E-state index in [0.717, 1.165) is 12.0 Å². The van der Waals surface area contributed by atoms with E-state index < -0.39 is 0 Å². The Morgan fingerprint density at radius 2 is 1.89 bits per heavy atom. The number of aryl methyl sites for hydroxylation is 1. The molecule has 3 nitrogen and oxygen atoms in total. The molecule has 1 heterocycles. The third-order valence-electron chi connectivity index (χ3n) is 2.76. The van der Waals surface area contributed by atoms with Crippen LogP contribution in [0.1, 0.15) is 12.0 Å². The lowest BCUT2D eigenvalue weighted by molar-refractivity contribution is 0.299. The number of halogens is 1. The topological polar surface area (TPSA) is 31.2 Å². The molecule has 0 aliphatic rings. The molecule has 1 aromatic carbocycles. The number of ether oxygens (including phenoxy) is 1. The zero-order valence-corrected chi connectivity index (χ0v) is 11.3. The number of nitrogens with zero attached hydrogens (tertiary/aromatic N) is 1. The molecule has 0 saturated heterocycles. The average molecular weight is 278 g/mol. The Bertz CT molecular complexity index is 566. The van der Waals surface area contributed by atoms with Crippen LogP contribution in [-0.2, 0) is 13.2 Å². The van der Waals surface area contributed by atoms with Crippen molar-refractivity contribution < 1.29 is 4.74 Å². The summed E-state index contributed by atoms with van der Waals surface area (Å²) >= 11 is 5.64. The van der Waals surface area contributed by atoms with Crippen molar-refractivity contribution >= 4 is 11.6 Å². The van der Waals surface area contributed by atoms with Crippen molar-refractivity contribution in [3.8, 4) is 5.75 Å². The summed E-state index contributed by atoms with van der Waals surface area (Å²) in [7, 11) is 0. The van der Waals surface area contributed by atoms with E-state index in [9.17, 15) is 4.79 Å². The lowest BCUT2D eigenvalue weighted by atomic mass is 10.2. The predicted molar refractivity (Wildman–Crippen MR) is 76.8 cm³/mol. The van der Waals surface area contributed by atoms with Gasteiger partial charge in [0.05, 0.1) is 0 Å². The second-order valence-corrected chi connectivity index (χ2v) is 4.57. The molecule has 100 valence electrons. The number of hydrogen-bond acceptors (Lipinski definition) is 2. The Balaban J connectivity index is 2.06. The van der Waals surface area contributed by atoms with Gasteiger partial charge in [0.25, 0.3) is 5.56 Å². The Kier molecular flexibility index (Phi) is 5.04. The Morgan fingerprint density at radius 3 is 2.63 bits per heavy atom. The molecule has 0 N–H and O–H groups in total. The fourth-order valence-electron chi connectivity index (χ4n) is 1.77. The summed E-state index contributed by atoms with van der Waals surface area (Å²) in [5, 5.41) is 0. The Labute approximate surface area is 117 Å². The van der Waals surface area contributed by atoms with Gasteiger partial charge < -0.3 is 9.30 Å². The SMILES string of the molecule is O=c1c(OCc2ccccc2)cccn1CCCCl. The van der Waals surface area contributed by atoms with Crippen molar-refractivity contribution in [3.05, 3.63) is 64.6 Å². The van der Waals surface area contributed by atoms with E-state index in [1.54, 1.807) is 16.8 Å². The summed E-state index contributed by atoms with van der Waals surface area (Å²) in [6.07, 6.45) is 2.52. The van der Waals surface area contributed by atoms with E-state index in [1.165, 1.54) is 0 Å². The molecular weight excluding hydrogens is 262 g/mol. The minimum absolute atomic E-state index is 0.108. The van der Waals surface area contributed by atoms with Crippen LogP contribution < -0.4 is 10.3 Å². The van der Waals surface area contributed by atoms with Crippen molar-refractivity contribution in [3.63, 3.8) is 0 Å². The summed E-state index contributed by atoms with van der Waals surface area (Å²) in [5.41, 5.74) is 0.932. The first-order valence-corrected chi connectivity index (χ1v) is 6.77. The van der Waals surface area contributed by atoms with Gasteiger partial charge in [-0.1, -0.05) is 30.3 Å². The van der Waals surface area contributed by atoms with E-state index in [2.05, 4.69) is 0 Å². The van der Waals surface area contributed by atoms with Crippen LogP contribution in [0, 0.1) is 0 Å². The standard InChI is InChI=1S/C15H16ClNO2/c16-9-5-11-17-10-4-8-14(15(17)18)19-12-13-6-2-1-3-7-13/h1-4,6-8,10H,5,9,11-12H2. The smallest absolute Gasteiger partial charge is 0.292 e. The molecule has 1 aromatic heterocycles. The van der Waals surface area contributed by atoms with E-state index >= 15 is 0 Å². The van der Waals surface area contributed by atoms with E-state index in [0.29, 0.717) is 24.8 Å². The quantitative estimate of drug-likeness (QED) is 0.760. The second kappa shape index (κ2) is 7.00. The summed E-state index contributed by atoms with van der Waals surface area (Å²) in [6, 6.07) is 13.3. The van der Waals surface area contributed by atoms with Crippen LogP contribution >= 0.6 is 11.6 Å². The molecule has 0 saturated carbocycles. The molecule has 0 unspecified atom stereocenters.